The van der Waals surface area contributed by atoms with Crippen LogP contribution < -0.4 is 10.6 Å². The minimum absolute atomic E-state index is 0.119. The molecule has 3 nitrogen and oxygen atoms in total. The molecule has 0 saturated carbocycles. The van der Waals surface area contributed by atoms with Crippen molar-refractivity contribution in [2.75, 3.05) is 6.61 Å². The van der Waals surface area contributed by atoms with E-state index in [9.17, 15) is 9.67 Å². The highest BCUT2D eigenvalue weighted by Crippen LogP contribution is 2.52. The molecule has 0 radical (unpaired) electrons. The van der Waals surface area contributed by atoms with Crippen molar-refractivity contribution >= 4 is 26.1 Å². The Morgan fingerprint density at radius 1 is 0.966 bits per heavy atom. The molecule has 1 N–H and O–H groups in total. The van der Waals surface area contributed by atoms with E-state index in [0.717, 1.165) is 10.6 Å². The number of aliphatic hydroxyl groups excluding tert-OH is 1. The average molecular weight is 433 g/mol. The molecular weight excluding hydrogens is 395 g/mol. The van der Waals surface area contributed by atoms with Gasteiger partial charge in [-0.3, -0.25) is 0 Å². The van der Waals surface area contributed by atoms with Crippen LogP contribution in [-0.2, 0) is 8.99 Å². The third kappa shape index (κ3) is 5.49. The second-order valence-corrected chi connectivity index (χ2v) is 17.1. The molecule has 0 heterocycles. The molecule has 2 atom stereocenters. The summed E-state index contributed by atoms with van der Waals surface area (Å²) in [4.78, 5) is 0. The minimum Gasteiger partial charge on any atom is -0.417 e. The molecule has 0 bridgehead atoms. The van der Waals surface area contributed by atoms with Crippen LogP contribution in [0.2, 0.25) is 18.1 Å². The Bertz CT molecular complexity index is 756. The van der Waals surface area contributed by atoms with Gasteiger partial charge in [-0.25, -0.2) is 0 Å². The highest BCUT2D eigenvalue weighted by atomic mass is 31.2. The molecule has 0 amide bonds. The first-order chi connectivity index (χ1) is 13.5. The summed E-state index contributed by atoms with van der Waals surface area (Å²) in [7, 11) is -4.95. The van der Waals surface area contributed by atoms with Gasteiger partial charge in [-0.1, -0.05) is 88.4 Å². The lowest BCUT2D eigenvalue weighted by molar-refractivity contribution is 0.150. The van der Waals surface area contributed by atoms with Crippen LogP contribution in [-0.4, -0.2) is 31.8 Å². The van der Waals surface area contributed by atoms with Gasteiger partial charge >= 0.3 is 0 Å². The van der Waals surface area contributed by atoms with Crippen molar-refractivity contribution < 1.29 is 14.1 Å². The summed E-state index contributed by atoms with van der Waals surface area (Å²) in [5.41, 5.74) is -0.373. The predicted octanol–water partition coefficient (Wildman–Crippen LogP) is 5.55. The number of aliphatic hydroxyl groups is 1. The first kappa shape index (κ1) is 24.1. The molecule has 0 fully saturated rings. The van der Waals surface area contributed by atoms with Crippen LogP contribution in [0.25, 0.3) is 0 Å². The molecule has 0 aliphatic carbocycles. The Morgan fingerprint density at radius 2 is 1.41 bits per heavy atom. The van der Waals surface area contributed by atoms with Crippen molar-refractivity contribution in [1.82, 2.24) is 0 Å². The van der Waals surface area contributed by atoms with Crippen LogP contribution >= 0.6 is 7.14 Å². The number of benzene rings is 2. The summed E-state index contributed by atoms with van der Waals surface area (Å²) in [6.45, 7) is 13.6. The summed E-state index contributed by atoms with van der Waals surface area (Å²) < 4.78 is 21.1. The van der Waals surface area contributed by atoms with E-state index < -0.39 is 21.6 Å². The third-order valence-electron chi connectivity index (χ3n) is 6.29. The van der Waals surface area contributed by atoms with E-state index >= 15 is 0 Å². The first-order valence-corrected chi connectivity index (χ1v) is 15.3. The van der Waals surface area contributed by atoms with Gasteiger partial charge in [0, 0.05) is 22.9 Å². The van der Waals surface area contributed by atoms with Gasteiger partial charge in [-0.15, -0.1) is 0 Å². The van der Waals surface area contributed by atoms with Crippen LogP contribution in [0, 0.1) is 0 Å². The summed E-state index contributed by atoms with van der Waals surface area (Å²) in [6.07, 6.45) is 0.487. The van der Waals surface area contributed by atoms with Crippen LogP contribution in [0.15, 0.2) is 60.7 Å². The molecule has 0 unspecified atom stereocenters. The van der Waals surface area contributed by atoms with Crippen LogP contribution in [0.4, 0.5) is 0 Å². The van der Waals surface area contributed by atoms with E-state index in [2.05, 4.69) is 33.9 Å². The average Bonchev–Trinajstić information content (AvgIpc) is 2.70. The van der Waals surface area contributed by atoms with E-state index in [0.29, 0.717) is 19.4 Å². The molecule has 0 aliphatic heterocycles. The quantitative estimate of drug-likeness (QED) is 0.417. The van der Waals surface area contributed by atoms with Crippen molar-refractivity contribution in [1.29, 1.82) is 0 Å². The zero-order valence-electron chi connectivity index (χ0n) is 18.8. The minimum atomic E-state index is -3.04. The second-order valence-electron chi connectivity index (χ2n) is 9.27. The zero-order valence-corrected chi connectivity index (χ0v) is 20.7. The Hall–Kier alpha value is -1.19. The zero-order chi connectivity index (χ0) is 21.7. The second kappa shape index (κ2) is 9.74. The van der Waals surface area contributed by atoms with E-state index in [4.69, 9.17) is 4.43 Å². The topological polar surface area (TPSA) is 46.5 Å². The summed E-state index contributed by atoms with van der Waals surface area (Å²) in [5, 5.41) is 12.7. The molecule has 5 heteroatoms. The lowest BCUT2D eigenvalue weighted by Crippen LogP contribution is -2.42. The van der Waals surface area contributed by atoms with Crippen LogP contribution in [0.1, 0.15) is 40.5 Å². The first-order valence-electron chi connectivity index (χ1n) is 10.6. The maximum Gasteiger partial charge on any atom is 0.191 e. The summed E-state index contributed by atoms with van der Waals surface area (Å²) in [5.74, 6) is 0. The molecule has 2 aromatic carbocycles. The van der Waals surface area contributed by atoms with Gasteiger partial charge in [-0.05, 0) is 31.0 Å². The predicted molar refractivity (Wildman–Crippen MR) is 128 cm³/mol. The van der Waals surface area contributed by atoms with Crippen molar-refractivity contribution in [2.45, 2.75) is 70.4 Å². The number of hydrogen-bond donors (Lipinski definition) is 1. The molecule has 2 rings (SSSR count). The molecule has 29 heavy (non-hydrogen) atoms. The highest BCUT2D eigenvalue weighted by molar-refractivity contribution is 7.79. The van der Waals surface area contributed by atoms with Crippen molar-refractivity contribution in [3.63, 3.8) is 0 Å². The van der Waals surface area contributed by atoms with Gasteiger partial charge < -0.3 is 14.1 Å². The highest BCUT2D eigenvalue weighted by Gasteiger charge is 2.41. The molecule has 0 saturated heterocycles. The van der Waals surface area contributed by atoms with Crippen molar-refractivity contribution in [3.05, 3.63) is 60.7 Å². The van der Waals surface area contributed by atoms with Gasteiger partial charge in [0.25, 0.3) is 0 Å². The van der Waals surface area contributed by atoms with E-state index in [1.165, 1.54) is 0 Å². The molecule has 0 aliphatic rings. The number of rotatable bonds is 9. The SMILES string of the molecule is CC[C@H](O)[C@H](CCO[Si](C)(C)C(C)(C)C)P(=O)(c1ccccc1)c1ccccc1. The van der Waals surface area contributed by atoms with Gasteiger partial charge in [-0.2, -0.15) is 0 Å². The summed E-state index contributed by atoms with van der Waals surface area (Å²) in [6, 6.07) is 19.3. The molecule has 2 aromatic rings. The third-order valence-corrected chi connectivity index (χ3v) is 14.5. The maximum absolute atomic E-state index is 14.7. The van der Waals surface area contributed by atoms with Crippen molar-refractivity contribution in [3.8, 4) is 0 Å². The van der Waals surface area contributed by atoms with Crippen molar-refractivity contribution in [2.24, 2.45) is 0 Å². The Labute approximate surface area is 178 Å². The largest absolute Gasteiger partial charge is 0.417 e. The van der Waals surface area contributed by atoms with Gasteiger partial charge in [0.2, 0.25) is 0 Å². The summed E-state index contributed by atoms with van der Waals surface area (Å²) >= 11 is 0. The standard InChI is InChI=1S/C24H37O3PSi/c1-7-22(25)23(18-19-27-29(5,6)24(2,3)4)28(26,20-14-10-8-11-15-20)21-16-12-9-13-17-21/h8-17,22-23,25H,7,18-19H2,1-6H3/t22-,23-/m0/s1. The van der Waals surface area contributed by atoms with Crippen LogP contribution in [0.3, 0.4) is 0 Å². The van der Waals surface area contributed by atoms with Gasteiger partial charge in [0.15, 0.2) is 8.32 Å². The molecule has 160 valence electrons. The van der Waals surface area contributed by atoms with Crippen LogP contribution in [0.5, 0.6) is 0 Å². The fourth-order valence-corrected chi connectivity index (χ4v) is 7.89. The maximum atomic E-state index is 14.7. The van der Waals surface area contributed by atoms with E-state index in [1.54, 1.807) is 0 Å². The monoisotopic (exact) mass is 432 g/mol. The molecular formula is C24H37O3PSi. The molecule has 0 spiro atoms. The fourth-order valence-electron chi connectivity index (χ4n) is 3.37. The Balaban J connectivity index is 2.42. The number of hydrogen-bond acceptors (Lipinski definition) is 3. The Morgan fingerprint density at radius 3 is 1.79 bits per heavy atom. The smallest absolute Gasteiger partial charge is 0.191 e. The molecule has 0 aromatic heterocycles. The normalized spacial score (nSPS) is 15.1. The van der Waals surface area contributed by atoms with E-state index in [-0.39, 0.29) is 10.7 Å². The lowest BCUT2D eigenvalue weighted by Gasteiger charge is -2.37. The van der Waals surface area contributed by atoms with Gasteiger partial charge in [0.1, 0.15) is 7.14 Å². The van der Waals surface area contributed by atoms with Gasteiger partial charge in [0.05, 0.1) is 6.10 Å². The Kier molecular flexibility index (Phi) is 8.09. The van der Waals surface area contributed by atoms with E-state index in [1.807, 2.05) is 67.6 Å². The lowest BCUT2D eigenvalue weighted by atomic mass is 10.1. The fraction of sp³-hybridized carbons (Fsp3) is 0.500.